The van der Waals surface area contributed by atoms with Gasteiger partial charge < -0.3 is 5.11 Å². The average molecular weight is 305 g/mol. The molecule has 17 heavy (non-hydrogen) atoms. The molecular formula is C12H11BrF2O2. The van der Waals surface area contributed by atoms with E-state index in [1.807, 2.05) is 0 Å². The van der Waals surface area contributed by atoms with E-state index in [9.17, 15) is 13.6 Å². The van der Waals surface area contributed by atoms with Crippen molar-refractivity contribution in [3.05, 3.63) is 33.8 Å². The van der Waals surface area contributed by atoms with E-state index in [2.05, 4.69) is 15.9 Å². The summed E-state index contributed by atoms with van der Waals surface area (Å²) in [4.78, 5) is 10.8. The van der Waals surface area contributed by atoms with Crippen LogP contribution in [-0.2, 0) is 4.79 Å². The lowest BCUT2D eigenvalue weighted by molar-refractivity contribution is -0.137. The van der Waals surface area contributed by atoms with Crippen molar-refractivity contribution in [2.75, 3.05) is 0 Å². The van der Waals surface area contributed by atoms with Gasteiger partial charge in [-0.05, 0) is 46.3 Å². The molecule has 0 saturated heterocycles. The molecule has 0 spiro atoms. The third-order valence-corrected chi connectivity index (χ3v) is 3.78. The number of carbonyl (C=O) groups is 1. The van der Waals surface area contributed by atoms with Crippen LogP contribution in [0.2, 0.25) is 0 Å². The van der Waals surface area contributed by atoms with Crippen LogP contribution in [0.1, 0.15) is 30.7 Å². The number of halogens is 3. The molecule has 1 atom stereocenters. The molecule has 0 radical (unpaired) electrons. The number of rotatable bonds is 4. The van der Waals surface area contributed by atoms with E-state index in [4.69, 9.17) is 5.11 Å². The molecule has 0 heterocycles. The van der Waals surface area contributed by atoms with Crippen LogP contribution < -0.4 is 0 Å². The molecule has 1 aromatic carbocycles. The van der Waals surface area contributed by atoms with Crippen molar-refractivity contribution in [2.24, 2.45) is 5.92 Å². The third-order valence-electron chi connectivity index (χ3n) is 3.05. The molecule has 5 heteroatoms. The Labute approximate surface area is 106 Å². The first-order chi connectivity index (χ1) is 8.00. The van der Waals surface area contributed by atoms with Gasteiger partial charge in [0, 0.05) is 5.92 Å². The highest BCUT2D eigenvalue weighted by Crippen LogP contribution is 2.46. The van der Waals surface area contributed by atoms with Gasteiger partial charge in [0.2, 0.25) is 0 Å². The van der Waals surface area contributed by atoms with Crippen molar-refractivity contribution in [3.8, 4) is 0 Å². The monoisotopic (exact) mass is 304 g/mol. The molecule has 2 rings (SSSR count). The van der Waals surface area contributed by atoms with Gasteiger partial charge in [-0.2, -0.15) is 0 Å². The van der Waals surface area contributed by atoms with E-state index in [1.54, 1.807) is 0 Å². The zero-order chi connectivity index (χ0) is 12.6. The fraction of sp³-hybridized carbons (Fsp3) is 0.417. The Morgan fingerprint density at radius 1 is 1.47 bits per heavy atom. The SMILES string of the molecule is O=C(O)CC(c1ccc(F)c(Br)c1F)C1CC1. The molecular weight excluding hydrogens is 294 g/mol. The minimum absolute atomic E-state index is 0.111. The second kappa shape index (κ2) is 4.72. The average Bonchev–Trinajstić information content (AvgIpc) is 3.07. The fourth-order valence-corrected chi connectivity index (χ4v) is 2.41. The summed E-state index contributed by atoms with van der Waals surface area (Å²) in [6.07, 6.45) is 1.71. The molecule has 1 aliphatic carbocycles. The predicted octanol–water partition coefficient (Wildman–Crippen LogP) is 3.70. The predicted molar refractivity (Wildman–Crippen MR) is 61.8 cm³/mol. The standard InChI is InChI=1S/C12H11BrF2O2/c13-11-9(14)4-3-7(12(11)15)8(5-10(16)17)6-1-2-6/h3-4,6,8H,1-2,5H2,(H,16,17). The highest BCUT2D eigenvalue weighted by atomic mass is 79.9. The highest BCUT2D eigenvalue weighted by Gasteiger charge is 2.35. The number of carboxylic acid groups (broad SMARTS) is 1. The van der Waals surface area contributed by atoms with Gasteiger partial charge in [0.1, 0.15) is 11.6 Å². The van der Waals surface area contributed by atoms with Gasteiger partial charge in [-0.1, -0.05) is 6.07 Å². The third kappa shape index (κ3) is 2.65. The summed E-state index contributed by atoms with van der Waals surface area (Å²) in [5.41, 5.74) is 0.295. The maximum absolute atomic E-state index is 13.9. The van der Waals surface area contributed by atoms with Crippen LogP contribution in [0.25, 0.3) is 0 Å². The van der Waals surface area contributed by atoms with Crippen LogP contribution in [-0.4, -0.2) is 11.1 Å². The van der Waals surface area contributed by atoms with E-state index in [0.717, 1.165) is 12.8 Å². The summed E-state index contributed by atoms with van der Waals surface area (Å²) in [6, 6.07) is 2.51. The van der Waals surface area contributed by atoms with Crippen LogP contribution in [0.4, 0.5) is 8.78 Å². The van der Waals surface area contributed by atoms with Crippen LogP contribution in [0.3, 0.4) is 0 Å². The highest BCUT2D eigenvalue weighted by molar-refractivity contribution is 9.10. The maximum Gasteiger partial charge on any atom is 0.303 e. The molecule has 0 bridgehead atoms. The van der Waals surface area contributed by atoms with Gasteiger partial charge in [0.15, 0.2) is 0 Å². The Hall–Kier alpha value is -0.970. The van der Waals surface area contributed by atoms with E-state index in [1.165, 1.54) is 12.1 Å². The summed E-state index contributed by atoms with van der Waals surface area (Å²) >= 11 is 2.84. The van der Waals surface area contributed by atoms with Gasteiger partial charge in [-0.25, -0.2) is 8.78 Å². The number of benzene rings is 1. The fourth-order valence-electron chi connectivity index (χ4n) is 2.04. The van der Waals surface area contributed by atoms with Crippen molar-refractivity contribution in [1.29, 1.82) is 0 Å². The minimum Gasteiger partial charge on any atom is -0.481 e. The van der Waals surface area contributed by atoms with Gasteiger partial charge >= 0.3 is 5.97 Å². The molecule has 1 saturated carbocycles. The first-order valence-electron chi connectivity index (χ1n) is 5.36. The lowest BCUT2D eigenvalue weighted by Gasteiger charge is -2.16. The second-order valence-corrected chi connectivity index (χ2v) is 5.10. The summed E-state index contributed by atoms with van der Waals surface area (Å²) in [6.45, 7) is 0. The Kier molecular flexibility index (Phi) is 3.47. The summed E-state index contributed by atoms with van der Waals surface area (Å²) in [7, 11) is 0. The summed E-state index contributed by atoms with van der Waals surface area (Å²) < 4.78 is 26.8. The smallest absolute Gasteiger partial charge is 0.303 e. The molecule has 0 aliphatic heterocycles. The van der Waals surface area contributed by atoms with Gasteiger partial charge in [0.05, 0.1) is 10.9 Å². The molecule has 1 unspecified atom stereocenters. The first-order valence-corrected chi connectivity index (χ1v) is 6.15. The van der Waals surface area contributed by atoms with Crippen molar-refractivity contribution in [1.82, 2.24) is 0 Å². The van der Waals surface area contributed by atoms with Crippen molar-refractivity contribution in [2.45, 2.75) is 25.2 Å². The number of aliphatic carboxylic acids is 1. The Morgan fingerprint density at radius 3 is 2.65 bits per heavy atom. The molecule has 2 nitrogen and oxygen atoms in total. The normalized spacial score (nSPS) is 16.9. The zero-order valence-electron chi connectivity index (χ0n) is 8.92. The Bertz CT molecular complexity index is 458. The van der Waals surface area contributed by atoms with E-state index in [0.29, 0.717) is 5.56 Å². The van der Waals surface area contributed by atoms with Crippen LogP contribution in [0.15, 0.2) is 16.6 Å². The van der Waals surface area contributed by atoms with E-state index >= 15 is 0 Å². The molecule has 0 amide bonds. The van der Waals surface area contributed by atoms with Crippen LogP contribution in [0, 0.1) is 17.6 Å². The molecule has 1 aliphatic rings. The summed E-state index contributed by atoms with van der Waals surface area (Å²) in [5, 5.41) is 8.83. The number of hydrogen-bond acceptors (Lipinski definition) is 1. The molecule has 0 aromatic heterocycles. The van der Waals surface area contributed by atoms with Crippen molar-refractivity contribution in [3.63, 3.8) is 0 Å². The number of carboxylic acids is 1. The molecule has 92 valence electrons. The lowest BCUT2D eigenvalue weighted by atomic mass is 9.90. The van der Waals surface area contributed by atoms with E-state index in [-0.39, 0.29) is 22.7 Å². The van der Waals surface area contributed by atoms with Crippen molar-refractivity contribution >= 4 is 21.9 Å². The lowest BCUT2D eigenvalue weighted by Crippen LogP contribution is -2.10. The maximum atomic E-state index is 13.9. The Balaban J connectivity index is 2.35. The summed E-state index contributed by atoms with van der Waals surface area (Å²) in [5.74, 6) is -2.46. The van der Waals surface area contributed by atoms with Gasteiger partial charge in [-0.15, -0.1) is 0 Å². The zero-order valence-corrected chi connectivity index (χ0v) is 10.5. The second-order valence-electron chi connectivity index (χ2n) is 4.31. The molecule has 1 aromatic rings. The largest absolute Gasteiger partial charge is 0.481 e. The molecule has 1 N–H and O–H groups in total. The quantitative estimate of drug-likeness (QED) is 0.861. The topological polar surface area (TPSA) is 37.3 Å². The van der Waals surface area contributed by atoms with Gasteiger partial charge in [0.25, 0.3) is 0 Å². The van der Waals surface area contributed by atoms with Crippen molar-refractivity contribution < 1.29 is 18.7 Å². The van der Waals surface area contributed by atoms with Crippen LogP contribution >= 0.6 is 15.9 Å². The van der Waals surface area contributed by atoms with Crippen LogP contribution in [0.5, 0.6) is 0 Å². The van der Waals surface area contributed by atoms with Gasteiger partial charge in [-0.3, -0.25) is 4.79 Å². The Morgan fingerprint density at radius 2 is 2.12 bits per heavy atom. The number of hydrogen-bond donors (Lipinski definition) is 1. The minimum atomic E-state index is -0.957. The molecule has 1 fully saturated rings. The van der Waals surface area contributed by atoms with E-state index < -0.39 is 17.6 Å². The first kappa shape index (κ1) is 12.5.